The number of thiophene rings is 1. The van der Waals surface area contributed by atoms with Crippen LogP contribution in [0.25, 0.3) is 10.1 Å². The van der Waals surface area contributed by atoms with Crippen molar-refractivity contribution in [3.8, 4) is 0 Å². The van der Waals surface area contributed by atoms with E-state index in [4.69, 9.17) is 10.8 Å². The average Bonchev–Trinajstić information content (AvgIpc) is 2.47. The van der Waals surface area contributed by atoms with E-state index in [1.807, 2.05) is 6.07 Å². The monoisotopic (exact) mass is 225 g/mol. The van der Waals surface area contributed by atoms with E-state index in [0.29, 0.717) is 11.1 Å². The molecule has 0 amide bonds. The number of anilines is 1. The number of nitrogen functional groups attached to an aromatic ring is 1. The lowest BCUT2D eigenvalue weighted by Crippen LogP contribution is -1.96. The van der Waals surface area contributed by atoms with Gasteiger partial charge < -0.3 is 10.8 Å². The summed E-state index contributed by atoms with van der Waals surface area (Å²) in [6.07, 6.45) is 0. The molecule has 0 atom stereocenters. The Kier molecular flexibility index (Phi) is 2.13. The number of carbonyl (C=O) groups is 1. The molecule has 1 aromatic heterocycles. The molecule has 0 aliphatic heterocycles. The van der Waals surface area contributed by atoms with E-state index < -0.39 is 5.97 Å². The van der Waals surface area contributed by atoms with E-state index in [9.17, 15) is 4.79 Å². The number of thiol groups is 1. The summed E-state index contributed by atoms with van der Waals surface area (Å²) in [7, 11) is 0. The summed E-state index contributed by atoms with van der Waals surface area (Å²) in [5.41, 5.74) is 6.46. The molecule has 14 heavy (non-hydrogen) atoms. The van der Waals surface area contributed by atoms with Gasteiger partial charge in [0, 0.05) is 26.0 Å². The number of benzene rings is 1. The van der Waals surface area contributed by atoms with Gasteiger partial charge in [-0.1, -0.05) is 0 Å². The molecule has 0 aliphatic carbocycles. The van der Waals surface area contributed by atoms with Crippen molar-refractivity contribution >= 4 is 45.7 Å². The Morgan fingerprint density at radius 1 is 1.50 bits per heavy atom. The molecule has 0 unspecified atom stereocenters. The van der Waals surface area contributed by atoms with E-state index in [1.165, 1.54) is 11.3 Å². The molecule has 1 aromatic carbocycles. The number of hydrogen-bond acceptors (Lipinski definition) is 4. The van der Waals surface area contributed by atoms with Crippen LogP contribution in [0, 0.1) is 0 Å². The first kappa shape index (κ1) is 9.36. The van der Waals surface area contributed by atoms with Crippen molar-refractivity contribution < 1.29 is 9.90 Å². The van der Waals surface area contributed by atoms with Crippen LogP contribution in [0.5, 0.6) is 0 Å². The predicted molar refractivity (Wildman–Crippen MR) is 60.4 cm³/mol. The second-order valence-corrected chi connectivity index (χ2v) is 4.29. The molecular formula is C9H7NO2S2. The summed E-state index contributed by atoms with van der Waals surface area (Å²) < 4.78 is 0.854. The highest BCUT2D eigenvalue weighted by atomic mass is 32.1. The van der Waals surface area contributed by atoms with Crippen LogP contribution in [0.15, 0.2) is 22.4 Å². The molecule has 3 N–H and O–H groups in total. The topological polar surface area (TPSA) is 63.3 Å². The van der Waals surface area contributed by atoms with Gasteiger partial charge in [0.25, 0.3) is 0 Å². The van der Waals surface area contributed by atoms with E-state index in [0.717, 1.165) is 9.60 Å². The SMILES string of the molecule is Nc1cc(S)cc2scc(C(=O)O)c12. The smallest absolute Gasteiger partial charge is 0.337 e. The molecule has 1 heterocycles. The van der Waals surface area contributed by atoms with Crippen molar-refractivity contribution in [2.24, 2.45) is 0 Å². The van der Waals surface area contributed by atoms with Gasteiger partial charge in [0.1, 0.15) is 0 Å². The molecule has 0 saturated carbocycles. The van der Waals surface area contributed by atoms with Crippen LogP contribution in [0.3, 0.4) is 0 Å². The van der Waals surface area contributed by atoms with Gasteiger partial charge in [-0.2, -0.15) is 0 Å². The third-order valence-electron chi connectivity index (χ3n) is 1.92. The number of carboxylic acid groups (broad SMARTS) is 1. The molecule has 72 valence electrons. The van der Waals surface area contributed by atoms with Crippen LogP contribution >= 0.6 is 24.0 Å². The van der Waals surface area contributed by atoms with Crippen LogP contribution in [0.4, 0.5) is 5.69 Å². The van der Waals surface area contributed by atoms with Crippen molar-refractivity contribution in [1.82, 2.24) is 0 Å². The standard InChI is InChI=1S/C9H7NO2S2/c10-6-1-4(13)2-7-8(6)5(3-14-7)9(11)12/h1-3,13H,10H2,(H,11,12). The van der Waals surface area contributed by atoms with E-state index >= 15 is 0 Å². The zero-order valence-corrected chi connectivity index (χ0v) is 8.73. The summed E-state index contributed by atoms with van der Waals surface area (Å²) in [4.78, 5) is 11.6. The summed E-state index contributed by atoms with van der Waals surface area (Å²) in [5, 5.41) is 11.1. The first-order chi connectivity index (χ1) is 6.59. The highest BCUT2D eigenvalue weighted by Crippen LogP contribution is 2.33. The summed E-state index contributed by atoms with van der Waals surface area (Å²) in [6.45, 7) is 0. The van der Waals surface area contributed by atoms with Gasteiger partial charge in [0.05, 0.1) is 5.56 Å². The molecule has 0 radical (unpaired) electrons. The van der Waals surface area contributed by atoms with Crippen LogP contribution in [-0.2, 0) is 0 Å². The van der Waals surface area contributed by atoms with Crippen molar-refractivity contribution in [3.63, 3.8) is 0 Å². The average molecular weight is 225 g/mol. The van der Waals surface area contributed by atoms with Gasteiger partial charge in [-0.05, 0) is 12.1 Å². The Hall–Kier alpha value is -1.20. The molecule has 0 aliphatic rings. The molecule has 0 bridgehead atoms. The second kappa shape index (κ2) is 3.18. The lowest BCUT2D eigenvalue weighted by atomic mass is 10.1. The number of carboxylic acids is 1. The van der Waals surface area contributed by atoms with Crippen LogP contribution in [0.1, 0.15) is 10.4 Å². The minimum atomic E-state index is -0.949. The first-order valence-corrected chi connectivity index (χ1v) is 5.15. The minimum absolute atomic E-state index is 0.260. The normalized spacial score (nSPS) is 10.6. The van der Waals surface area contributed by atoms with Gasteiger partial charge in [-0.15, -0.1) is 24.0 Å². The van der Waals surface area contributed by atoms with E-state index in [1.54, 1.807) is 11.4 Å². The Bertz CT molecular complexity index is 519. The largest absolute Gasteiger partial charge is 0.478 e. The summed E-state index contributed by atoms with van der Waals surface area (Å²) in [5.74, 6) is -0.949. The minimum Gasteiger partial charge on any atom is -0.478 e. The maximum Gasteiger partial charge on any atom is 0.337 e. The number of hydrogen-bond donors (Lipinski definition) is 3. The van der Waals surface area contributed by atoms with E-state index in [2.05, 4.69) is 12.6 Å². The number of fused-ring (bicyclic) bond motifs is 1. The third-order valence-corrected chi connectivity index (χ3v) is 3.11. The molecule has 5 heteroatoms. The highest BCUT2D eigenvalue weighted by molar-refractivity contribution is 7.80. The fourth-order valence-corrected chi connectivity index (χ4v) is 2.70. The zero-order valence-electron chi connectivity index (χ0n) is 7.02. The van der Waals surface area contributed by atoms with Crippen LogP contribution in [0.2, 0.25) is 0 Å². The van der Waals surface area contributed by atoms with Crippen LogP contribution in [-0.4, -0.2) is 11.1 Å². The Labute approximate surface area is 89.6 Å². The van der Waals surface area contributed by atoms with Gasteiger partial charge in [0.2, 0.25) is 0 Å². The van der Waals surface area contributed by atoms with Gasteiger partial charge in [-0.25, -0.2) is 4.79 Å². The Balaban J connectivity index is 2.85. The molecule has 0 fully saturated rings. The summed E-state index contributed by atoms with van der Waals surface area (Å²) >= 11 is 5.53. The molecule has 0 spiro atoms. The van der Waals surface area contributed by atoms with Crippen LogP contribution < -0.4 is 5.73 Å². The van der Waals surface area contributed by atoms with Gasteiger partial charge >= 0.3 is 5.97 Å². The Morgan fingerprint density at radius 3 is 2.86 bits per heavy atom. The number of rotatable bonds is 1. The first-order valence-electron chi connectivity index (χ1n) is 3.82. The van der Waals surface area contributed by atoms with Crippen molar-refractivity contribution in [1.29, 1.82) is 0 Å². The summed E-state index contributed by atoms with van der Waals surface area (Å²) in [6, 6.07) is 3.47. The number of nitrogens with two attached hydrogens (primary N) is 1. The number of aromatic carboxylic acids is 1. The molecule has 2 aromatic rings. The van der Waals surface area contributed by atoms with Crippen molar-refractivity contribution in [3.05, 3.63) is 23.1 Å². The third kappa shape index (κ3) is 1.34. The second-order valence-electron chi connectivity index (χ2n) is 2.86. The lowest BCUT2D eigenvalue weighted by Gasteiger charge is -1.99. The quantitative estimate of drug-likeness (QED) is 0.516. The fourth-order valence-electron chi connectivity index (χ4n) is 1.34. The Morgan fingerprint density at radius 2 is 2.21 bits per heavy atom. The molecule has 2 rings (SSSR count). The van der Waals surface area contributed by atoms with Crippen molar-refractivity contribution in [2.75, 3.05) is 5.73 Å². The fraction of sp³-hybridized carbons (Fsp3) is 0. The van der Waals surface area contributed by atoms with Gasteiger partial charge in [-0.3, -0.25) is 0 Å². The van der Waals surface area contributed by atoms with Gasteiger partial charge in [0.15, 0.2) is 0 Å². The molecular weight excluding hydrogens is 218 g/mol. The van der Waals surface area contributed by atoms with Crippen molar-refractivity contribution in [2.45, 2.75) is 4.90 Å². The maximum atomic E-state index is 10.8. The highest BCUT2D eigenvalue weighted by Gasteiger charge is 2.13. The maximum absolute atomic E-state index is 10.8. The lowest BCUT2D eigenvalue weighted by molar-refractivity contribution is 0.0699. The molecule has 0 saturated heterocycles. The van der Waals surface area contributed by atoms with E-state index in [-0.39, 0.29) is 5.56 Å². The zero-order chi connectivity index (χ0) is 10.3. The predicted octanol–water partition coefficient (Wildman–Crippen LogP) is 2.47. The molecule has 3 nitrogen and oxygen atoms in total.